The average Bonchev–Trinajstić information content (AvgIpc) is 2.43. The van der Waals surface area contributed by atoms with Gasteiger partial charge in [0.1, 0.15) is 24.4 Å². The number of rotatable bonds is 7. The number of Topliss-reactive ketones (excluding diaryl/α,β-unsaturated/α-hetero) is 4. The van der Waals surface area contributed by atoms with Crippen molar-refractivity contribution in [3.05, 3.63) is 0 Å². The molecule has 0 spiro atoms. The van der Waals surface area contributed by atoms with Crippen LogP contribution in [0, 0.1) is 0 Å². The van der Waals surface area contributed by atoms with Crippen molar-refractivity contribution in [3.8, 4) is 0 Å². The maximum atomic E-state index is 10.7. The summed E-state index contributed by atoms with van der Waals surface area (Å²) in [5, 5.41) is 35.3. The zero-order valence-electron chi connectivity index (χ0n) is 12.4. The van der Waals surface area contributed by atoms with Gasteiger partial charge in [0, 0.05) is 6.42 Å². The van der Waals surface area contributed by atoms with Crippen molar-refractivity contribution in [3.63, 3.8) is 0 Å². The topological polar surface area (TPSA) is 149 Å². The first kappa shape index (κ1) is 21.8. The summed E-state index contributed by atoms with van der Waals surface area (Å²) in [7, 11) is 0. The van der Waals surface area contributed by atoms with Crippen LogP contribution in [0.4, 0.5) is 0 Å². The highest BCUT2D eigenvalue weighted by Gasteiger charge is 2.25. The molecule has 0 aromatic heterocycles. The molecule has 0 saturated heterocycles. The Labute approximate surface area is 122 Å². The van der Waals surface area contributed by atoms with E-state index in [-0.39, 0.29) is 6.42 Å². The van der Waals surface area contributed by atoms with Crippen LogP contribution in [0.15, 0.2) is 0 Å². The summed E-state index contributed by atoms with van der Waals surface area (Å²) in [6, 6.07) is 0. The van der Waals surface area contributed by atoms with Crippen LogP contribution in [0.1, 0.15) is 34.1 Å². The molecule has 0 amide bonds. The summed E-state index contributed by atoms with van der Waals surface area (Å²) >= 11 is 0. The fourth-order valence-electron chi connectivity index (χ4n) is 1.05. The number of hydrogen-bond donors (Lipinski definition) is 4. The largest absolute Gasteiger partial charge is 0.382 e. The van der Waals surface area contributed by atoms with E-state index in [0.717, 1.165) is 20.8 Å². The van der Waals surface area contributed by atoms with Gasteiger partial charge in [-0.05, 0) is 20.8 Å². The Bertz CT molecular complexity index is 372. The van der Waals surface area contributed by atoms with Crippen molar-refractivity contribution >= 4 is 23.1 Å². The first-order valence-corrected chi connectivity index (χ1v) is 6.23. The van der Waals surface area contributed by atoms with Gasteiger partial charge in [0.25, 0.3) is 0 Å². The van der Waals surface area contributed by atoms with Gasteiger partial charge in [-0.25, -0.2) is 0 Å². The van der Waals surface area contributed by atoms with Crippen LogP contribution in [0.25, 0.3) is 0 Å². The lowest BCUT2D eigenvalue weighted by atomic mass is 10.1. The lowest BCUT2D eigenvalue weighted by Crippen LogP contribution is -2.38. The molecule has 0 bridgehead atoms. The summed E-state index contributed by atoms with van der Waals surface area (Å²) in [6.45, 7) is 4.89. The molecule has 0 heterocycles. The summed E-state index contributed by atoms with van der Waals surface area (Å²) in [5.74, 6) is -2.34. The van der Waals surface area contributed by atoms with Gasteiger partial charge in [-0.2, -0.15) is 0 Å². The first-order valence-electron chi connectivity index (χ1n) is 6.23. The fourth-order valence-corrected chi connectivity index (χ4v) is 1.05. The molecule has 4 atom stereocenters. The van der Waals surface area contributed by atoms with E-state index < -0.39 is 47.5 Å². The van der Waals surface area contributed by atoms with Crippen LogP contribution >= 0.6 is 0 Å². The quantitative estimate of drug-likeness (QED) is 0.429. The number of hydrogen-bond acceptors (Lipinski definition) is 8. The highest BCUT2D eigenvalue weighted by Crippen LogP contribution is 1.99. The van der Waals surface area contributed by atoms with E-state index in [0.29, 0.717) is 0 Å². The van der Waals surface area contributed by atoms with Crippen molar-refractivity contribution in [1.82, 2.24) is 0 Å². The zero-order chi connectivity index (χ0) is 17.3. The van der Waals surface area contributed by atoms with Crippen LogP contribution < -0.4 is 0 Å². The Morgan fingerprint density at radius 2 is 0.905 bits per heavy atom. The molecule has 122 valence electrons. The third-order valence-corrected chi connectivity index (χ3v) is 2.53. The number of ketones is 4. The standard InChI is InChI=1S/C7H12O4.C6H10O4/c1-3-5(9)7(11)6(10)4(2)8;1-3(7)5(9)6(10)4(2)8/h6-7,10-11H,3H2,1-2H3;5-6,9-10H,1-2H3. The van der Waals surface area contributed by atoms with Gasteiger partial charge in [0.15, 0.2) is 23.1 Å². The minimum absolute atomic E-state index is 0.117. The van der Waals surface area contributed by atoms with E-state index in [1.54, 1.807) is 6.92 Å². The molecule has 4 N–H and O–H groups in total. The van der Waals surface area contributed by atoms with Crippen LogP contribution in [0.2, 0.25) is 0 Å². The van der Waals surface area contributed by atoms with Crippen molar-refractivity contribution < 1.29 is 39.6 Å². The molecule has 0 aromatic rings. The highest BCUT2D eigenvalue weighted by molar-refractivity contribution is 5.91. The number of aliphatic hydroxyl groups is 4. The Kier molecular flexibility index (Phi) is 10.7. The Morgan fingerprint density at radius 3 is 1.10 bits per heavy atom. The summed E-state index contributed by atoms with van der Waals surface area (Å²) < 4.78 is 0. The molecule has 0 aliphatic heterocycles. The highest BCUT2D eigenvalue weighted by atomic mass is 16.3. The molecule has 8 heteroatoms. The molecule has 0 fully saturated rings. The van der Waals surface area contributed by atoms with E-state index in [4.69, 9.17) is 20.4 Å². The minimum atomic E-state index is -1.57. The molecule has 0 aromatic carbocycles. The molecular formula is C13H22O8. The van der Waals surface area contributed by atoms with E-state index >= 15 is 0 Å². The summed E-state index contributed by atoms with van der Waals surface area (Å²) in [6.07, 6.45) is -6.15. The molecule has 21 heavy (non-hydrogen) atoms. The predicted molar refractivity (Wildman–Crippen MR) is 71.4 cm³/mol. The second-order valence-electron chi connectivity index (χ2n) is 4.43. The number of aliphatic hydroxyl groups excluding tert-OH is 4. The van der Waals surface area contributed by atoms with Gasteiger partial charge in [0.05, 0.1) is 0 Å². The monoisotopic (exact) mass is 306 g/mol. The second kappa shape index (κ2) is 10.3. The Hall–Kier alpha value is -1.48. The van der Waals surface area contributed by atoms with Gasteiger partial charge >= 0.3 is 0 Å². The molecule has 0 aliphatic rings. The van der Waals surface area contributed by atoms with E-state index in [1.165, 1.54) is 0 Å². The molecular weight excluding hydrogens is 284 g/mol. The van der Waals surface area contributed by atoms with Crippen molar-refractivity contribution in [2.24, 2.45) is 0 Å². The molecule has 0 rings (SSSR count). The van der Waals surface area contributed by atoms with Crippen LogP contribution in [-0.2, 0) is 19.2 Å². The molecule has 4 unspecified atom stereocenters. The van der Waals surface area contributed by atoms with E-state index in [9.17, 15) is 19.2 Å². The predicted octanol–water partition coefficient (Wildman–Crippen LogP) is -1.84. The first-order chi connectivity index (χ1) is 9.47. The smallest absolute Gasteiger partial charge is 0.164 e. The lowest BCUT2D eigenvalue weighted by molar-refractivity contribution is -0.142. The molecule has 0 radical (unpaired) electrons. The molecule has 0 aliphatic carbocycles. The normalized spacial score (nSPS) is 15.8. The fraction of sp³-hybridized carbons (Fsp3) is 0.692. The number of carbonyl (C=O) groups excluding carboxylic acids is 4. The van der Waals surface area contributed by atoms with E-state index in [1.807, 2.05) is 0 Å². The van der Waals surface area contributed by atoms with Gasteiger partial charge in [-0.1, -0.05) is 6.92 Å². The Morgan fingerprint density at radius 1 is 0.667 bits per heavy atom. The average molecular weight is 306 g/mol. The SMILES string of the molecule is CC(=O)C(O)C(O)C(C)=O.CCC(=O)C(O)C(O)C(C)=O. The number of carbonyl (C=O) groups is 4. The van der Waals surface area contributed by atoms with Crippen molar-refractivity contribution in [1.29, 1.82) is 0 Å². The van der Waals surface area contributed by atoms with Gasteiger partial charge in [-0.3, -0.25) is 19.2 Å². The summed E-state index contributed by atoms with van der Waals surface area (Å²) in [4.78, 5) is 41.8. The summed E-state index contributed by atoms with van der Waals surface area (Å²) in [5.41, 5.74) is 0. The molecule has 0 saturated carbocycles. The van der Waals surface area contributed by atoms with Crippen molar-refractivity contribution in [2.75, 3.05) is 0 Å². The third-order valence-electron chi connectivity index (χ3n) is 2.53. The van der Waals surface area contributed by atoms with Crippen LogP contribution in [-0.4, -0.2) is 68.0 Å². The van der Waals surface area contributed by atoms with Gasteiger partial charge < -0.3 is 20.4 Å². The van der Waals surface area contributed by atoms with Crippen LogP contribution in [0.5, 0.6) is 0 Å². The van der Waals surface area contributed by atoms with Gasteiger partial charge in [-0.15, -0.1) is 0 Å². The molecule has 8 nitrogen and oxygen atoms in total. The van der Waals surface area contributed by atoms with E-state index in [2.05, 4.69) is 0 Å². The van der Waals surface area contributed by atoms with Crippen molar-refractivity contribution in [2.45, 2.75) is 58.5 Å². The minimum Gasteiger partial charge on any atom is -0.382 e. The maximum Gasteiger partial charge on any atom is 0.164 e. The van der Waals surface area contributed by atoms with Gasteiger partial charge in [0.2, 0.25) is 0 Å². The maximum absolute atomic E-state index is 10.7. The lowest BCUT2D eigenvalue weighted by Gasteiger charge is -2.12. The third kappa shape index (κ3) is 8.41. The zero-order valence-corrected chi connectivity index (χ0v) is 12.4. The Balaban J connectivity index is 0. The van der Waals surface area contributed by atoms with Crippen LogP contribution in [0.3, 0.4) is 0 Å². The second-order valence-corrected chi connectivity index (χ2v) is 4.43.